The lowest BCUT2D eigenvalue weighted by Crippen LogP contribution is -2.49. The van der Waals surface area contributed by atoms with Gasteiger partial charge in [0.2, 0.25) is 5.91 Å². The van der Waals surface area contributed by atoms with Gasteiger partial charge in [0.1, 0.15) is 17.2 Å². The monoisotopic (exact) mass is 287 g/mol. The average Bonchev–Trinajstić information content (AvgIpc) is 2.37. The zero-order chi connectivity index (χ0) is 15.8. The predicted octanol–water partition coefficient (Wildman–Crippen LogP) is 1.11. The van der Waals surface area contributed by atoms with Gasteiger partial charge in [-0.1, -0.05) is 19.8 Å². The molecule has 0 aliphatic carbocycles. The van der Waals surface area contributed by atoms with E-state index in [1.807, 2.05) is 6.92 Å². The second kappa shape index (κ2) is 8.68. The van der Waals surface area contributed by atoms with Crippen molar-refractivity contribution in [3.8, 4) is 0 Å². The molecule has 20 heavy (non-hydrogen) atoms. The zero-order valence-corrected chi connectivity index (χ0v) is 12.4. The number of nitrogens with one attached hydrogen (secondary N) is 1. The summed E-state index contributed by atoms with van der Waals surface area (Å²) in [5.41, 5.74) is -1.25. The van der Waals surface area contributed by atoms with Gasteiger partial charge in [0.15, 0.2) is 0 Å². The molecule has 6 nitrogen and oxygen atoms in total. The van der Waals surface area contributed by atoms with Gasteiger partial charge < -0.3 is 15.5 Å². The Hall–Kier alpha value is -1.43. The van der Waals surface area contributed by atoms with E-state index in [1.54, 1.807) is 0 Å². The fourth-order valence-electron chi connectivity index (χ4n) is 1.70. The van der Waals surface area contributed by atoms with Crippen LogP contribution in [0.2, 0.25) is 0 Å². The van der Waals surface area contributed by atoms with Gasteiger partial charge in [0, 0.05) is 19.4 Å². The van der Waals surface area contributed by atoms with E-state index in [1.165, 1.54) is 13.8 Å². The third kappa shape index (κ3) is 5.69. The SMILES string of the molecule is CCCCCC(=O)C(C)(C)C(=O)N[C@@H](CCO)C(=O)O. The minimum absolute atomic E-state index is 0.0822. The highest BCUT2D eigenvalue weighted by Crippen LogP contribution is 2.21. The standard InChI is InChI=1S/C14H25NO5/c1-4-5-6-7-11(17)14(2,3)13(20)15-10(8-9-16)12(18)19/h10,16H,4-9H2,1-3H3,(H,15,20)(H,18,19)/t10-/m0/s1. The summed E-state index contributed by atoms with van der Waals surface area (Å²) < 4.78 is 0. The van der Waals surface area contributed by atoms with Gasteiger partial charge in [-0.2, -0.15) is 0 Å². The molecule has 0 aromatic carbocycles. The first-order valence-corrected chi connectivity index (χ1v) is 6.95. The number of carboxylic acids is 1. The van der Waals surface area contributed by atoms with Crippen molar-refractivity contribution in [2.24, 2.45) is 5.41 Å². The number of hydrogen-bond acceptors (Lipinski definition) is 4. The highest BCUT2D eigenvalue weighted by Gasteiger charge is 2.37. The van der Waals surface area contributed by atoms with Gasteiger partial charge >= 0.3 is 5.97 Å². The molecule has 0 aliphatic heterocycles. The Bertz CT molecular complexity index is 351. The summed E-state index contributed by atoms with van der Waals surface area (Å²) in [6.07, 6.45) is 2.86. The molecule has 0 radical (unpaired) electrons. The van der Waals surface area contributed by atoms with Crippen molar-refractivity contribution in [3.05, 3.63) is 0 Å². The van der Waals surface area contributed by atoms with Crippen LogP contribution < -0.4 is 5.32 Å². The summed E-state index contributed by atoms with van der Waals surface area (Å²) >= 11 is 0. The maximum Gasteiger partial charge on any atom is 0.326 e. The predicted molar refractivity (Wildman–Crippen MR) is 74.2 cm³/mol. The summed E-state index contributed by atoms with van der Waals surface area (Å²) in [5.74, 6) is -2.03. The van der Waals surface area contributed by atoms with Gasteiger partial charge in [0.25, 0.3) is 0 Å². The third-order valence-corrected chi connectivity index (χ3v) is 3.29. The lowest BCUT2D eigenvalue weighted by molar-refractivity contribution is -0.147. The number of carboxylic acid groups (broad SMARTS) is 1. The van der Waals surface area contributed by atoms with Gasteiger partial charge in [-0.15, -0.1) is 0 Å². The molecule has 0 aliphatic rings. The molecule has 3 N–H and O–H groups in total. The largest absolute Gasteiger partial charge is 0.480 e. The molecule has 1 atom stereocenters. The van der Waals surface area contributed by atoms with Crippen LogP contribution in [-0.2, 0) is 14.4 Å². The van der Waals surface area contributed by atoms with Crippen LogP contribution in [0.1, 0.15) is 52.9 Å². The first kappa shape index (κ1) is 18.6. The number of aliphatic hydroxyl groups is 1. The topological polar surface area (TPSA) is 104 Å². The van der Waals surface area contributed by atoms with Crippen molar-refractivity contribution in [2.75, 3.05) is 6.61 Å². The van der Waals surface area contributed by atoms with E-state index in [4.69, 9.17) is 10.2 Å². The lowest BCUT2D eigenvalue weighted by atomic mass is 9.84. The summed E-state index contributed by atoms with van der Waals surface area (Å²) in [6, 6.07) is -1.17. The van der Waals surface area contributed by atoms with Crippen molar-refractivity contribution in [3.63, 3.8) is 0 Å². The average molecular weight is 287 g/mol. The number of aliphatic hydroxyl groups excluding tert-OH is 1. The van der Waals surface area contributed by atoms with Crippen LogP contribution in [-0.4, -0.2) is 40.5 Å². The van der Waals surface area contributed by atoms with Crippen molar-refractivity contribution >= 4 is 17.7 Å². The fourth-order valence-corrected chi connectivity index (χ4v) is 1.70. The molecule has 1 amide bonds. The van der Waals surface area contributed by atoms with Gasteiger partial charge in [-0.25, -0.2) is 4.79 Å². The fraction of sp³-hybridized carbons (Fsp3) is 0.786. The smallest absolute Gasteiger partial charge is 0.326 e. The number of hydrogen-bond donors (Lipinski definition) is 3. The second-order valence-corrected chi connectivity index (χ2v) is 5.38. The second-order valence-electron chi connectivity index (χ2n) is 5.38. The molecule has 0 fully saturated rings. The van der Waals surface area contributed by atoms with Crippen molar-refractivity contribution in [1.29, 1.82) is 0 Å². The minimum Gasteiger partial charge on any atom is -0.480 e. The first-order chi connectivity index (χ1) is 9.27. The van der Waals surface area contributed by atoms with Crippen LogP contribution in [0, 0.1) is 5.41 Å². The first-order valence-electron chi connectivity index (χ1n) is 6.95. The van der Waals surface area contributed by atoms with Crippen LogP contribution in [0.15, 0.2) is 0 Å². The number of Topliss-reactive ketones (excluding diaryl/α,β-unsaturated/α-hetero) is 1. The van der Waals surface area contributed by atoms with Crippen molar-refractivity contribution < 1.29 is 24.6 Å². The lowest BCUT2D eigenvalue weighted by Gasteiger charge is -2.24. The molecule has 0 aromatic rings. The zero-order valence-electron chi connectivity index (χ0n) is 12.4. The molecule has 0 rings (SSSR count). The van der Waals surface area contributed by atoms with Crippen LogP contribution in [0.4, 0.5) is 0 Å². The molecule has 0 unspecified atom stereocenters. The number of unbranched alkanes of at least 4 members (excludes halogenated alkanes) is 2. The maximum absolute atomic E-state index is 12.1. The summed E-state index contributed by atoms with van der Waals surface area (Å²) in [4.78, 5) is 35.0. The Labute approximate surface area is 119 Å². The molecule has 0 heterocycles. The Balaban J connectivity index is 4.62. The molecule has 0 saturated carbocycles. The van der Waals surface area contributed by atoms with Crippen LogP contribution >= 0.6 is 0 Å². The van der Waals surface area contributed by atoms with Crippen LogP contribution in [0.3, 0.4) is 0 Å². The van der Waals surface area contributed by atoms with E-state index in [2.05, 4.69) is 5.32 Å². The Morgan fingerprint density at radius 3 is 2.25 bits per heavy atom. The third-order valence-electron chi connectivity index (χ3n) is 3.29. The minimum atomic E-state index is -1.25. The van der Waals surface area contributed by atoms with Crippen molar-refractivity contribution in [1.82, 2.24) is 5.32 Å². The van der Waals surface area contributed by atoms with Crippen molar-refractivity contribution in [2.45, 2.75) is 58.9 Å². The van der Waals surface area contributed by atoms with E-state index in [9.17, 15) is 14.4 Å². The Morgan fingerprint density at radius 2 is 1.80 bits per heavy atom. The summed E-state index contributed by atoms with van der Waals surface area (Å²) in [6.45, 7) is 4.67. The number of aliphatic carboxylic acids is 1. The Morgan fingerprint density at radius 1 is 1.20 bits per heavy atom. The molecule has 0 bridgehead atoms. The van der Waals surface area contributed by atoms with E-state index < -0.39 is 23.3 Å². The molecule has 6 heteroatoms. The van der Waals surface area contributed by atoms with Gasteiger partial charge in [-0.3, -0.25) is 9.59 Å². The summed E-state index contributed by atoms with van der Waals surface area (Å²) in [5, 5.41) is 20.0. The van der Waals surface area contributed by atoms with E-state index in [-0.39, 0.29) is 18.8 Å². The number of ketones is 1. The number of carbonyl (C=O) groups is 3. The van der Waals surface area contributed by atoms with Gasteiger partial charge in [-0.05, 0) is 20.3 Å². The maximum atomic E-state index is 12.1. The Kier molecular flexibility index (Phi) is 8.06. The number of rotatable bonds is 10. The molecule has 116 valence electrons. The molecular formula is C14H25NO5. The number of amides is 1. The van der Waals surface area contributed by atoms with E-state index in [0.717, 1.165) is 19.3 Å². The quantitative estimate of drug-likeness (QED) is 0.412. The normalized spacial score (nSPS) is 12.8. The van der Waals surface area contributed by atoms with E-state index >= 15 is 0 Å². The van der Waals surface area contributed by atoms with Crippen LogP contribution in [0.5, 0.6) is 0 Å². The molecule has 0 spiro atoms. The molecule has 0 saturated heterocycles. The highest BCUT2D eigenvalue weighted by molar-refractivity contribution is 6.06. The highest BCUT2D eigenvalue weighted by atomic mass is 16.4. The van der Waals surface area contributed by atoms with Gasteiger partial charge in [0.05, 0.1) is 0 Å². The van der Waals surface area contributed by atoms with Crippen LogP contribution in [0.25, 0.3) is 0 Å². The summed E-state index contributed by atoms with van der Waals surface area (Å²) in [7, 11) is 0. The van der Waals surface area contributed by atoms with E-state index in [0.29, 0.717) is 6.42 Å². The number of carbonyl (C=O) groups excluding carboxylic acids is 2. The molecule has 0 aromatic heterocycles. The molecular weight excluding hydrogens is 262 g/mol.